The van der Waals surface area contributed by atoms with Gasteiger partial charge in [-0.25, -0.2) is 0 Å². The van der Waals surface area contributed by atoms with Crippen molar-refractivity contribution < 1.29 is 0 Å². The van der Waals surface area contributed by atoms with E-state index in [1.807, 2.05) is 0 Å². The zero-order chi connectivity index (χ0) is 33.5. The Balaban J connectivity index is 1.22. The number of nitrogens with zero attached hydrogens (tertiary/aromatic N) is 3. The smallest absolute Gasteiger partial charge is 0.0562 e. The van der Waals surface area contributed by atoms with Crippen LogP contribution in [0.2, 0.25) is 0 Å². The first kappa shape index (κ1) is 28.0. The first-order valence-corrected chi connectivity index (χ1v) is 17.5. The molecular weight excluding hydrogens is 619 g/mol. The van der Waals surface area contributed by atoms with E-state index in [0.717, 1.165) is 17.1 Å². The SMILES string of the molecule is c1ccc(-c2cccc(-n3c4ccccc4c4ccc(-n5c6ccccc6c6cc7c8ccccc8n(-c8ccccc8)c7cc65)cc43)c2)cc1. The summed E-state index contributed by atoms with van der Waals surface area (Å²) >= 11 is 0. The minimum Gasteiger partial charge on any atom is -0.309 e. The normalized spacial score (nSPS) is 11.9. The highest BCUT2D eigenvalue weighted by molar-refractivity contribution is 6.19. The minimum atomic E-state index is 1.14. The second-order valence-corrected chi connectivity index (χ2v) is 13.4. The first-order valence-electron chi connectivity index (χ1n) is 17.5. The van der Waals surface area contributed by atoms with Crippen LogP contribution in [0.5, 0.6) is 0 Å². The van der Waals surface area contributed by atoms with Gasteiger partial charge in [0.2, 0.25) is 0 Å². The van der Waals surface area contributed by atoms with Gasteiger partial charge in [0.15, 0.2) is 0 Å². The van der Waals surface area contributed by atoms with Crippen molar-refractivity contribution >= 4 is 65.4 Å². The van der Waals surface area contributed by atoms with Crippen molar-refractivity contribution in [2.24, 2.45) is 0 Å². The molecule has 0 radical (unpaired) electrons. The molecule has 238 valence electrons. The number of para-hydroxylation sites is 4. The molecule has 0 N–H and O–H groups in total. The van der Waals surface area contributed by atoms with Crippen molar-refractivity contribution in [3.63, 3.8) is 0 Å². The number of hydrogen-bond donors (Lipinski definition) is 0. The van der Waals surface area contributed by atoms with Gasteiger partial charge in [0.1, 0.15) is 0 Å². The van der Waals surface area contributed by atoms with E-state index in [0.29, 0.717) is 0 Å². The van der Waals surface area contributed by atoms with Crippen LogP contribution in [0.15, 0.2) is 188 Å². The van der Waals surface area contributed by atoms with E-state index >= 15 is 0 Å². The lowest BCUT2D eigenvalue weighted by molar-refractivity contribution is 1.15. The quantitative estimate of drug-likeness (QED) is 0.180. The highest BCUT2D eigenvalue weighted by atomic mass is 15.0. The second kappa shape index (κ2) is 10.8. The Bertz CT molecular complexity index is 3120. The Morgan fingerprint density at radius 2 is 0.647 bits per heavy atom. The van der Waals surface area contributed by atoms with Gasteiger partial charge < -0.3 is 13.7 Å². The molecule has 0 atom stereocenters. The fourth-order valence-electron chi connectivity index (χ4n) is 8.40. The highest BCUT2D eigenvalue weighted by Crippen LogP contribution is 2.41. The fourth-order valence-corrected chi connectivity index (χ4v) is 8.40. The van der Waals surface area contributed by atoms with Gasteiger partial charge in [-0.05, 0) is 77.9 Å². The minimum absolute atomic E-state index is 1.14. The van der Waals surface area contributed by atoms with Gasteiger partial charge in [0.05, 0.1) is 33.1 Å². The van der Waals surface area contributed by atoms with Crippen LogP contribution in [0.4, 0.5) is 0 Å². The standard InChI is InChI=1S/C48H31N3/c1-3-14-32(15-4-1)33-16-13-19-35(28-33)50-43-23-10-7-20-37(43)40-27-26-36(29-46(40)50)51-45-25-12-9-22-39(45)42-30-41-38-21-8-11-24-44(38)49(47(41)31-48(42)51)34-17-5-2-6-18-34/h1-31H. The second-order valence-electron chi connectivity index (χ2n) is 13.4. The molecule has 3 aromatic heterocycles. The lowest BCUT2D eigenvalue weighted by atomic mass is 10.1. The van der Waals surface area contributed by atoms with Crippen molar-refractivity contribution in [1.29, 1.82) is 0 Å². The molecule has 11 aromatic rings. The monoisotopic (exact) mass is 649 g/mol. The van der Waals surface area contributed by atoms with Crippen molar-refractivity contribution in [2.45, 2.75) is 0 Å². The van der Waals surface area contributed by atoms with E-state index in [2.05, 4.69) is 202 Å². The lowest BCUT2D eigenvalue weighted by Crippen LogP contribution is -1.98. The molecule has 0 unspecified atom stereocenters. The zero-order valence-electron chi connectivity index (χ0n) is 27.7. The summed E-state index contributed by atoms with van der Waals surface area (Å²) in [5.41, 5.74) is 13.1. The van der Waals surface area contributed by atoms with E-state index in [4.69, 9.17) is 0 Å². The number of rotatable bonds is 4. The predicted molar refractivity (Wildman–Crippen MR) is 215 cm³/mol. The van der Waals surface area contributed by atoms with Crippen molar-refractivity contribution in [3.05, 3.63) is 188 Å². The number of benzene rings is 8. The average Bonchev–Trinajstić information content (AvgIpc) is 3.82. The fraction of sp³-hybridized carbons (Fsp3) is 0. The van der Waals surface area contributed by atoms with Gasteiger partial charge in [0, 0.05) is 49.4 Å². The van der Waals surface area contributed by atoms with Crippen LogP contribution in [0.25, 0.3) is 93.6 Å². The third-order valence-corrected chi connectivity index (χ3v) is 10.6. The summed E-state index contributed by atoms with van der Waals surface area (Å²) in [7, 11) is 0. The molecule has 11 rings (SSSR count). The molecule has 0 spiro atoms. The number of aromatic nitrogens is 3. The van der Waals surface area contributed by atoms with Crippen molar-refractivity contribution in [2.75, 3.05) is 0 Å². The molecule has 0 aliphatic carbocycles. The third-order valence-electron chi connectivity index (χ3n) is 10.6. The van der Waals surface area contributed by atoms with Gasteiger partial charge in [-0.3, -0.25) is 0 Å². The molecule has 8 aromatic carbocycles. The van der Waals surface area contributed by atoms with E-state index in [9.17, 15) is 0 Å². The summed E-state index contributed by atoms with van der Waals surface area (Å²) < 4.78 is 7.30. The maximum atomic E-state index is 2.46. The number of fused-ring (bicyclic) bond motifs is 9. The molecule has 3 heterocycles. The van der Waals surface area contributed by atoms with Gasteiger partial charge in [-0.1, -0.05) is 121 Å². The van der Waals surface area contributed by atoms with E-state index in [-0.39, 0.29) is 0 Å². The van der Waals surface area contributed by atoms with Crippen LogP contribution in [0.3, 0.4) is 0 Å². The van der Waals surface area contributed by atoms with Gasteiger partial charge in [-0.2, -0.15) is 0 Å². The van der Waals surface area contributed by atoms with Crippen molar-refractivity contribution in [3.8, 4) is 28.2 Å². The largest absolute Gasteiger partial charge is 0.309 e. The summed E-state index contributed by atoms with van der Waals surface area (Å²) in [6, 6.07) is 68.5. The van der Waals surface area contributed by atoms with Crippen LogP contribution in [0.1, 0.15) is 0 Å². The Kier molecular flexibility index (Phi) is 5.96. The Labute approximate surface area is 294 Å². The summed E-state index contributed by atoms with van der Waals surface area (Å²) in [5, 5.41) is 7.53. The molecule has 0 saturated carbocycles. The van der Waals surface area contributed by atoms with Crippen LogP contribution in [-0.4, -0.2) is 13.7 Å². The van der Waals surface area contributed by atoms with E-state index in [1.165, 1.54) is 76.5 Å². The molecule has 0 bridgehead atoms. The zero-order valence-corrected chi connectivity index (χ0v) is 27.7. The molecule has 3 nitrogen and oxygen atoms in total. The molecule has 0 fully saturated rings. The highest BCUT2D eigenvalue weighted by Gasteiger charge is 2.20. The summed E-state index contributed by atoms with van der Waals surface area (Å²) in [6.45, 7) is 0. The van der Waals surface area contributed by atoms with Crippen LogP contribution < -0.4 is 0 Å². The molecule has 0 aliphatic rings. The van der Waals surface area contributed by atoms with E-state index < -0.39 is 0 Å². The lowest BCUT2D eigenvalue weighted by Gasteiger charge is -2.13. The summed E-state index contributed by atoms with van der Waals surface area (Å²) in [6.07, 6.45) is 0. The molecule has 3 heteroatoms. The summed E-state index contributed by atoms with van der Waals surface area (Å²) in [4.78, 5) is 0. The van der Waals surface area contributed by atoms with Crippen LogP contribution in [0, 0.1) is 0 Å². The molecule has 0 saturated heterocycles. The van der Waals surface area contributed by atoms with Crippen LogP contribution >= 0.6 is 0 Å². The van der Waals surface area contributed by atoms with Gasteiger partial charge in [-0.15, -0.1) is 0 Å². The average molecular weight is 650 g/mol. The van der Waals surface area contributed by atoms with E-state index in [1.54, 1.807) is 0 Å². The van der Waals surface area contributed by atoms with Gasteiger partial charge in [0.25, 0.3) is 0 Å². The maximum absolute atomic E-state index is 2.46. The molecule has 51 heavy (non-hydrogen) atoms. The Hall–Kier alpha value is -6.84. The molecule has 0 aliphatic heterocycles. The Morgan fingerprint density at radius 1 is 0.216 bits per heavy atom. The molecular formula is C48H31N3. The first-order chi connectivity index (χ1) is 25.3. The van der Waals surface area contributed by atoms with Gasteiger partial charge >= 0.3 is 0 Å². The third kappa shape index (κ3) is 4.12. The predicted octanol–water partition coefficient (Wildman–Crippen LogP) is 12.6. The van der Waals surface area contributed by atoms with Crippen LogP contribution in [-0.2, 0) is 0 Å². The van der Waals surface area contributed by atoms with Crippen molar-refractivity contribution in [1.82, 2.24) is 13.7 Å². The number of hydrogen-bond acceptors (Lipinski definition) is 0. The summed E-state index contributed by atoms with van der Waals surface area (Å²) in [5.74, 6) is 0. The molecule has 0 amide bonds. The Morgan fingerprint density at radius 3 is 1.27 bits per heavy atom. The topological polar surface area (TPSA) is 14.8 Å². The maximum Gasteiger partial charge on any atom is 0.0562 e.